The highest BCUT2D eigenvalue weighted by atomic mass is 35.5. The van der Waals surface area contributed by atoms with E-state index in [1.165, 1.54) is 30.3 Å². The lowest BCUT2D eigenvalue weighted by Crippen LogP contribution is -2.53. The molecule has 1 aliphatic rings. The molecule has 2 unspecified atom stereocenters. The van der Waals surface area contributed by atoms with E-state index in [0.717, 1.165) is 17.7 Å². The first-order chi connectivity index (χ1) is 18.6. The van der Waals surface area contributed by atoms with Gasteiger partial charge in [0.05, 0.1) is 16.6 Å². The Kier molecular flexibility index (Phi) is 8.89. The van der Waals surface area contributed by atoms with Crippen molar-refractivity contribution < 1.29 is 31.8 Å². The lowest BCUT2D eigenvalue weighted by molar-refractivity contribution is -0.253. The van der Waals surface area contributed by atoms with Gasteiger partial charge >= 0.3 is 12.5 Å². The highest BCUT2D eigenvalue weighted by molar-refractivity contribution is 6.28. The SMILES string of the molecule is O[C@@H](Nc1cccc(F)c1)NC(Cc1ccccc1)(C1=CCC(Cl)C=N1)c1ccc(OC(F)(F)C(F)F)cc1. The van der Waals surface area contributed by atoms with Gasteiger partial charge in [-0.05, 0) is 47.9 Å². The minimum absolute atomic E-state index is 0.221. The topological polar surface area (TPSA) is 65.9 Å². The molecule has 4 rings (SSSR count). The Morgan fingerprint density at radius 2 is 1.74 bits per heavy atom. The van der Waals surface area contributed by atoms with Crippen LogP contribution in [-0.4, -0.2) is 35.6 Å². The molecule has 0 fully saturated rings. The lowest BCUT2D eigenvalue weighted by Gasteiger charge is -2.39. The molecule has 1 aliphatic heterocycles. The molecule has 206 valence electrons. The van der Waals surface area contributed by atoms with E-state index in [1.54, 1.807) is 18.4 Å². The number of hydrogen-bond acceptors (Lipinski definition) is 5. The van der Waals surface area contributed by atoms with Gasteiger partial charge in [-0.3, -0.25) is 10.3 Å². The van der Waals surface area contributed by atoms with Gasteiger partial charge in [0.15, 0.2) is 6.35 Å². The van der Waals surface area contributed by atoms with Crippen LogP contribution in [0.3, 0.4) is 0 Å². The Balaban J connectivity index is 1.76. The predicted molar refractivity (Wildman–Crippen MR) is 140 cm³/mol. The van der Waals surface area contributed by atoms with E-state index in [9.17, 15) is 27.1 Å². The molecule has 0 spiro atoms. The van der Waals surface area contributed by atoms with Gasteiger partial charge in [-0.25, -0.2) is 4.39 Å². The molecule has 0 amide bonds. The second kappa shape index (κ2) is 12.1. The maximum Gasteiger partial charge on any atom is 0.461 e. The Morgan fingerprint density at radius 1 is 1.03 bits per heavy atom. The number of nitrogens with zero attached hydrogens (tertiary/aromatic N) is 1. The van der Waals surface area contributed by atoms with E-state index >= 15 is 0 Å². The summed E-state index contributed by atoms with van der Waals surface area (Å²) in [6.07, 6.45) is -6.14. The number of aliphatic imine (C=N–C) groups is 1. The molecule has 39 heavy (non-hydrogen) atoms. The van der Waals surface area contributed by atoms with Gasteiger partial charge in [-0.2, -0.15) is 17.6 Å². The number of allylic oxidation sites excluding steroid dienone is 1. The molecular weight excluding hydrogens is 541 g/mol. The van der Waals surface area contributed by atoms with Crippen LogP contribution in [0.1, 0.15) is 17.5 Å². The number of hydrogen-bond donors (Lipinski definition) is 3. The fourth-order valence-electron chi connectivity index (χ4n) is 4.25. The molecule has 3 aromatic rings. The first-order valence-electron chi connectivity index (χ1n) is 11.9. The summed E-state index contributed by atoms with van der Waals surface area (Å²) < 4.78 is 70.3. The largest absolute Gasteiger partial charge is 0.461 e. The second-order valence-electron chi connectivity index (χ2n) is 8.88. The Bertz CT molecular complexity index is 1310. The van der Waals surface area contributed by atoms with Crippen molar-refractivity contribution in [3.05, 3.63) is 108 Å². The van der Waals surface area contributed by atoms with Crippen LogP contribution in [0.4, 0.5) is 27.6 Å². The van der Waals surface area contributed by atoms with Crippen molar-refractivity contribution in [1.82, 2.24) is 5.32 Å². The summed E-state index contributed by atoms with van der Waals surface area (Å²) >= 11 is 6.21. The summed E-state index contributed by atoms with van der Waals surface area (Å²) in [7, 11) is 0. The minimum atomic E-state index is -4.67. The normalized spacial score (nSPS) is 17.8. The molecular formula is C28H25ClF5N3O2. The van der Waals surface area contributed by atoms with Gasteiger partial charge in [0.1, 0.15) is 11.6 Å². The molecule has 5 nitrogen and oxygen atoms in total. The van der Waals surface area contributed by atoms with Crippen LogP contribution in [0, 0.1) is 5.82 Å². The fraction of sp³-hybridized carbons (Fsp3) is 0.250. The molecule has 0 aliphatic carbocycles. The zero-order valence-corrected chi connectivity index (χ0v) is 21.1. The van der Waals surface area contributed by atoms with Crippen LogP contribution in [0.15, 0.2) is 95.6 Å². The van der Waals surface area contributed by atoms with E-state index in [-0.39, 0.29) is 11.8 Å². The fourth-order valence-corrected chi connectivity index (χ4v) is 4.39. The number of nitrogens with one attached hydrogen (secondary N) is 2. The van der Waals surface area contributed by atoms with Gasteiger partial charge < -0.3 is 15.2 Å². The quantitative estimate of drug-likeness (QED) is 0.142. The number of ether oxygens (including phenoxy) is 1. The van der Waals surface area contributed by atoms with Crippen molar-refractivity contribution in [3.8, 4) is 5.75 Å². The van der Waals surface area contributed by atoms with Crippen molar-refractivity contribution in [2.75, 3.05) is 5.32 Å². The Labute approximate surface area is 227 Å². The lowest BCUT2D eigenvalue weighted by atomic mass is 9.79. The van der Waals surface area contributed by atoms with Crippen molar-refractivity contribution >= 4 is 23.5 Å². The van der Waals surface area contributed by atoms with E-state index in [0.29, 0.717) is 23.4 Å². The first-order valence-corrected chi connectivity index (χ1v) is 12.4. The summed E-state index contributed by atoms with van der Waals surface area (Å²) in [6, 6.07) is 19.8. The number of anilines is 1. The van der Waals surface area contributed by atoms with Crippen molar-refractivity contribution in [3.63, 3.8) is 0 Å². The van der Waals surface area contributed by atoms with E-state index < -0.39 is 36.0 Å². The molecule has 0 saturated heterocycles. The number of aliphatic hydroxyl groups excluding tert-OH is 1. The van der Waals surface area contributed by atoms with Crippen LogP contribution in [0.5, 0.6) is 5.75 Å². The average Bonchev–Trinajstić information content (AvgIpc) is 2.89. The molecule has 0 saturated carbocycles. The maximum atomic E-state index is 13.7. The van der Waals surface area contributed by atoms with E-state index in [1.807, 2.05) is 30.3 Å². The molecule has 0 bridgehead atoms. The van der Waals surface area contributed by atoms with Gasteiger partial charge in [0, 0.05) is 18.3 Å². The monoisotopic (exact) mass is 565 g/mol. The summed E-state index contributed by atoms with van der Waals surface area (Å²) in [5.41, 5.74) is 0.768. The molecule has 3 atom stereocenters. The molecule has 1 heterocycles. The highest BCUT2D eigenvalue weighted by Crippen LogP contribution is 2.38. The predicted octanol–water partition coefficient (Wildman–Crippen LogP) is 6.44. The zero-order valence-electron chi connectivity index (χ0n) is 20.4. The average molecular weight is 566 g/mol. The maximum absolute atomic E-state index is 13.7. The zero-order chi connectivity index (χ0) is 28.0. The number of benzene rings is 3. The van der Waals surface area contributed by atoms with Gasteiger partial charge in [0.25, 0.3) is 0 Å². The van der Waals surface area contributed by atoms with Gasteiger partial charge in [-0.1, -0.05) is 54.6 Å². The van der Waals surface area contributed by atoms with Crippen LogP contribution in [0.2, 0.25) is 0 Å². The molecule has 3 aromatic carbocycles. The number of rotatable bonds is 11. The first kappa shape index (κ1) is 28.5. The standard InChI is InChI=1S/C28H25ClF5N3O2/c29-20-11-14-24(35-17-20)27(16-18-5-2-1-3-6-18,37-26(38)36-22-8-4-7-21(30)15-22)19-9-12-23(13-10-19)39-28(33,34)25(31)32/h1-10,12-15,17,20,25-26,36-38H,11,16H2/t20?,26-,27?/m0/s1. The summed E-state index contributed by atoms with van der Waals surface area (Å²) in [5, 5.41) is 16.6. The summed E-state index contributed by atoms with van der Waals surface area (Å²) in [5.74, 6) is -0.982. The van der Waals surface area contributed by atoms with Crippen LogP contribution in [0.25, 0.3) is 0 Å². The summed E-state index contributed by atoms with van der Waals surface area (Å²) in [6.45, 7) is 0. The summed E-state index contributed by atoms with van der Waals surface area (Å²) in [4.78, 5) is 4.53. The Morgan fingerprint density at radius 3 is 2.36 bits per heavy atom. The second-order valence-corrected chi connectivity index (χ2v) is 9.44. The molecule has 0 aromatic heterocycles. The molecule has 3 N–H and O–H groups in total. The third-order valence-corrected chi connectivity index (χ3v) is 6.32. The smallest absolute Gasteiger partial charge is 0.428 e. The third-order valence-electron chi connectivity index (χ3n) is 6.03. The molecule has 0 radical (unpaired) electrons. The number of alkyl halides is 5. The third kappa shape index (κ3) is 7.14. The minimum Gasteiger partial charge on any atom is -0.428 e. The van der Waals surface area contributed by atoms with Gasteiger partial charge in [-0.15, -0.1) is 11.6 Å². The Hall–Kier alpha value is -3.47. The van der Waals surface area contributed by atoms with Crippen molar-refractivity contribution in [2.24, 2.45) is 4.99 Å². The number of aliphatic hydroxyl groups is 1. The van der Waals surface area contributed by atoms with Crippen LogP contribution < -0.4 is 15.4 Å². The van der Waals surface area contributed by atoms with E-state index in [2.05, 4.69) is 20.4 Å². The highest BCUT2D eigenvalue weighted by Gasteiger charge is 2.44. The van der Waals surface area contributed by atoms with Crippen molar-refractivity contribution in [2.45, 2.75) is 42.6 Å². The van der Waals surface area contributed by atoms with Crippen LogP contribution >= 0.6 is 11.6 Å². The van der Waals surface area contributed by atoms with E-state index in [4.69, 9.17) is 11.6 Å². The van der Waals surface area contributed by atoms with Crippen LogP contribution in [-0.2, 0) is 12.0 Å². The molecule has 11 heteroatoms. The number of halogens is 6. The van der Waals surface area contributed by atoms with Crippen molar-refractivity contribution in [1.29, 1.82) is 0 Å². The van der Waals surface area contributed by atoms with Gasteiger partial charge in [0.2, 0.25) is 0 Å².